The van der Waals surface area contributed by atoms with Gasteiger partial charge in [-0.05, 0) is 49.1 Å². The van der Waals surface area contributed by atoms with Gasteiger partial charge in [0, 0.05) is 24.0 Å². The van der Waals surface area contributed by atoms with E-state index in [0.29, 0.717) is 6.04 Å². The summed E-state index contributed by atoms with van der Waals surface area (Å²) in [5.41, 5.74) is 7.68. The molecule has 1 aromatic heterocycles. The van der Waals surface area contributed by atoms with Crippen molar-refractivity contribution in [3.05, 3.63) is 21.9 Å². The molecule has 1 saturated heterocycles. The van der Waals surface area contributed by atoms with Gasteiger partial charge >= 0.3 is 0 Å². The van der Waals surface area contributed by atoms with Crippen LogP contribution in [0.1, 0.15) is 43.7 Å². The Morgan fingerprint density at radius 3 is 2.39 bits per heavy atom. The summed E-state index contributed by atoms with van der Waals surface area (Å²) in [6.45, 7) is 11.5. The zero-order valence-electron chi connectivity index (χ0n) is 12.0. The van der Waals surface area contributed by atoms with E-state index in [9.17, 15) is 0 Å². The second kappa shape index (κ2) is 5.72. The highest BCUT2D eigenvalue weighted by Gasteiger charge is 2.31. The van der Waals surface area contributed by atoms with Crippen LogP contribution >= 0.6 is 11.3 Å². The number of nitrogens with zero attached hydrogens (tertiary/aromatic N) is 1. The Morgan fingerprint density at radius 1 is 1.33 bits per heavy atom. The van der Waals surface area contributed by atoms with Crippen molar-refractivity contribution in [3.63, 3.8) is 0 Å². The van der Waals surface area contributed by atoms with E-state index in [1.807, 2.05) is 11.3 Å². The lowest BCUT2D eigenvalue weighted by Crippen LogP contribution is -2.46. The molecular weight excluding hydrogens is 240 g/mol. The first-order chi connectivity index (χ1) is 8.49. The third-order valence-electron chi connectivity index (χ3n) is 3.96. The fourth-order valence-electron chi connectivity index (χ4n) is 3.36. The minimum absolute atomic E-state index is 0.194. The van der Waals surface area contributed by atoms with Crippen LogP contribution < -0.4 is 5.73 Å². The van der Waals surface area contributed by atoms with Crippen molar-refractivity contribution < 1.29 is 0 Å². The smallest absolute Gasteiger partial charge is 0.0593 e. The Kier molecular flexibility index (Phi) is 4.46. The molecule has 4 unspecified atom stereocenters. The zero-order chi connectivity index (χ0) is 13.3. The largest absolute Gasteiger partial charge is 0.326 e. The minimum atomic E-state index is 0.194. The van der Waals surface area contributed by atoms with Crippen LogP contribution in [0.5, 0.6) is 0 Å². The molecule has 2 rings (SSSR count). The first-order valence-corrected chi connectivity index (χ1v) is 7.90. The Morgan fingerprint density at radius 2 is 1.94 bits per heavy atom. The van der Waals surface area contributed by atoms with E-state index < -0.39 is 0 Å². The second-order valence-electron chi connectivity index (χ2n) is 6.17. The van der Waals surface area contributed by atoms with Crippen molar-refractivity contribution in [2.24, 2.45) is 17.6 Å². The third-order valence-corrected chi connectivity index (χ3v) is 5.05. The summed E-state index contributed by atoms with van der Waals surface area (Å²) in [7, 11) is 0. The highest BCUT2D eigenvalue weighted by molar-refractivity contribution is 7.10. The molecule has 0 aromatic carbocycles. The van der Waals surface area contributed by atoms with Crippen LogP contribution in [0.25, 0.3) is 0 Å². The third kappa shape index (κ3) is 2.95. The normalized spacial score (nSPS) is 29.2. The summed E-state index contributed by atoms with van der Waals surface area (Å²) in [6, 6.07) is 2.81. The van der Waals surface area contributed by atoms with Crippen LogP contribution in [0.15, 0.2) is 11.4 Å². The average molecular weight is 266 g/mol. The predicted octanol–water partition coefficient (Wildman–Crippen LogP) is 3.42. The van der Waals surface area contributed by atoms with Gasteiger partial charge in [-0.3, -0.25) is 4.90 Å². The molecule has 0 bridgehead atoms. The zero-order valence-corrected chi connectivity index (χ0v) is 12.8. The van der Waals surface area contributed by atoms with Crippen LogP contribution in [-0.4, -0.2) is 24.0 Å². The fraction of sp³-hybridized carbons (Fsp3) is 0.733. The molecule has 2 N–H and O–H groups in total. The van der Waals surface area contributed by atoms with Gasteiger partial charge in [-0.25, -0.2) is 0 Å². The molecule has 0 amide bonds. The van der Waals surface area contributed by atoms with Crippen LogP contribution in [0.4, 0.5) is 0 Å². The maximum atomic E-state index is 6.28. The van der Waals surface area contributed by atoms with E-state index in [1.54, 1.807) is 0 Å². The van der Waals surface area contributed by atoms with Crippen LogP contribution in [0, 0.1) is 18.8 Å². The van der Waals surface area contributed by atoms with Gasteiger partial charge in [0.15, 0.2) is 0 Å². The minimum Gasteiger partial charge on any atom is -0.326 e. The van der Waals surface area contributed by atoms with E-state index >= 15 is 0 Å². The standard InChI is InChI=1S/C15H26N2S/c1-10-7-11(2)9-17(8-10)14(13(4)16)15-12(3)5-6-18-15/h5-6,10-11,13-14H,7-9,16H2,1-4H3. The number of hydrogen-bond donors (Lipinski definition) is 1. The molecular formula is C15H26N2S. The number of aryl methyl sites for hydroxylation is 1. The van der Waals surface area contributed by atoms with E-state index in [1.165, 1.54) is 30.0 Å². The molecule has 1 fully saturated rings. The summed E-state index contributed by atoms with van der Waals surface area (Å²) in [4.78, 5) is 4.08. The fourth-order valence-corrected chi connectivity index (χ4v) is 4.54. The number of nitrogens with two attached hydrogens (primary N) is 1. The number of likely N-dealkylation sites (tertiary alicyclic amines) is 1. The predicted molar refractivity (Wildman–Crippen MR) is 80.0 cm³/mol. The summed E-state index contributed by atoms with van der Waals surface area (Å²) in [6.07, 6.45) is 1.35. The molecule has 102 valence electrons. The van der Waals surface area contributed by atoms with Gasteiger partial charge in [0.05, 0.1) is 6.04 Å². The quantitative estimate of drug-likeness (QED) is 0.908. The molecule has 0 radical (unpaired) electrons. The second-order valence-corrected chi connectivity index (χ2v) is 7.12. The van der Waals surface area contributed by atoms with E-state index in [0.717, 1.165) is 11.8 Å². The number of thiophene rings is 1. The monoisotopic (exact) mass is 266 g/mol. The molecule has 3 heteroatoms. The average Bonchev–Trinajstić information content (AvgIpc) is 2.63. The molecule has 2 heterocycles. The molecule has 2 nitrogen and oxygen atoms in total. The van der Waals surface area contributed by atoms with Crippen molar-refractivity contribution in [1.29, 1.82) is 0 Å². The molecule has 1 aliphatic heterocycles. The molecule has 0 spiro atoms. The number of rotatable bonds is 3. The lowest BCUT2D eigenvalue weighted by molar-refractivity contribution is 0.0861. The summed E-state index contributed by atoms with van der Waals surface area (Å²) < 4.78 is 0. The van der Waals surface area contributed by atoms with Crippen molar-refractivity contribution in [3.8, 4) is 0 Å². The Hall–Kier alpha value is -0.380. The van der Waals surface area contributed by atoms with Crippen molar-refractivity contribution in [2.75, 3.05) is 13.1 Å². The highest BCUT2D eigenvalue weighted by Crippen LogP contribution is 2.34. The van der Waals surface area contributed by atoms with Gasteiger partial charge < -0.3 is 5.73 Å². The lowest BCUT2D eigenvalue weighted by Gasteiger charge is -2.41. The molecule has 4 atom stereocenters. The molecule has 0 saturated carbocycles. The van der Waals surface area contributed by atoms with Crippen molar-refractivity contribution >= 4 is 11.3 Å². The first-order valence-electron chi connectivity index (χ1n) is 7.02. The van der Waals surface area contributed by atoms with E-state index in [4.69, 9.17) is 5.73 Å². The van der Waals surface area contributed by atoms with Gasteiger partial charge in [-0.15, -0.1) is 11.3 Å². The SMILES string of the molecule is Cc1ccsc1C(C(C)N)N1CC(C)CC(C)C1. The Balaban J connectivity index is 2.23. The summed E-state index contributed by atoms with van der Waals surface area (Å²) in [5.74, 6) is 1.57. The lowest BCUT2D eigenvalue weighted by atomic mass is 9.89. The maximum absolute atomic E-state index is 6.28. The van der Waals surface area contributed by atoms with Gasteiger partial charge in [0.25, 0.3) is 0 Å². The topological polar surface area (TPSA) is 29.3 Å². The van der Waals surface area contributed by atoms with Crippen LogP contribution in [-0.2, 0) is 0 Å². The van der Waals surface area contributed by atoms with E-state index in [-0.39, 0.29) is 6.04 Å². The molecule has 0 aliphatic carbocycles. The van der Waals surface area contributed by atoms with Gasteiger partial charge in [0.1, 0.15) is 0 Å². The first kappa shape index (κ1) is 14.0. The number of hydrogen-bond acceptors (Lipinski definition) is 3. The molecule has 1 aliphatic rings. The maximum Gasteiger partial charge on any atom is 0.0593 e. The van der Waals surface area contributed by atoms with E-state index in [2.05, 4.69) is 44.0 Å². The Labute approximate surface area is 115 Å². The van der Waals surface area contributed by atoms with Gasteiger partial charge in [-0.2, -0.15) is 0 Å². The summed E-state index contributed by atoms with van der Waals surface area (Å²) >= 11 is 1.86. The molecule has 1 aromatic rings. The van der Waals surface area contributed by atoms with Gasteiger partial charge in [0.2, 0.25) is 0 Å². The van der Waals surface area contributed by atoms with Crippen LogP contribution in [0.3, 0.4) is 0 Å². The number of piperidine rings is 1. The Bertz CT molecular complexity index is 376. The highest BCUT2D eigenvalue weighted by atomic mass is 32.1. The summed E-state index contributed by atoms with van der Waals surface area (Å²) in [5, 5.41) is 2.19. The van der Waals surface area contributed by atoms with Crippen molar-refractivity contribution in [1.82, 2.24) is 4.90 Å². The van der Waals surface area contributed by atoms with Crippen LogP contribution in [0.2, 0.25) is 0 Å². The van der Waals surface area contributed by atoms with Crippen molar-refractivity contribution in [2.45, 2.75) is 46.2 Å². The van der Waals surface area contributed by atoms with Gasteiger partial charge in [-0.1, -0.05) is 13.8 Å². The molecule has 18 heavy (non-hydrogen) atoms.